The number of nitrogens with two attached hydrogens (primary N) is 1. The van der Waals surface area contributed by atoms with Crippen molar-refractivity contribution in [3.63, 3.8) is 0 Å². The lowest BCUT2D eigenvalue weighted by Crippen LogP contribution is -2.19. The van der Waals surface area contributed by atoms with Crippen LogP contribution in [0.2, 0.25) is 0 Å². The highest BCUT2D eigenvalue weighted by Gasteiger charge is 2.18. The van der Waals surface area contributed by atoms with E-state index >= 15 is 0 Å². The Bertz CT molecular complexity index is 663. The highest BCUT2D eigenvalue weighted by Crippen LogP contribution is 2.34. The van der Waals surface area contributed by atoms with E-state index in [1.807, 2.05) is 13.8 Å². The van der Waals surface area contributed by atoms with Gasteiger partial charge in [0.15, 0.2) is 5.16 Å². The van der Waals surface area contributed by atoms with E-state index in [0.717, 1.165) is 11.8 Å². The van der Waals surface area contributed by atoms with E-state index < -0.39 is 0 Å². The molecule has 0 saturated heterocycles. The Morgan fingerprint density at radius 3 is 2.70 bits per heavy atom. The van der Waals surface area contributed by atoms with E-state index in [0.29, 0.717) is 15.6 Å². The first kappa shape index (κ1) is 14.8. The quantitative estimate of drug-likeness (QED) is 0.908. The van der Waals surface area contributed by atoms with Gasteiger partial charge in [0.1, 0.15) is 5.82 Å². The van der Waals surface area contributed by atoms with Crippen molar-refractivity contribution >= 4 is 11.8 Å². The monoisotopic (exact) mass is 296 g/mol. The molecule has 1 aromatic carbocycles. The molecule has 0 fully saturated rings. The second-order valence-electron chi connectivity index (χ2n) is 4.82. The van der Waals surface area contributed by atoms with Crippen molar-refractivity contribution in [1.82, 2.24) is 14.8 Å². The molecule has 0 amide bonds. The van der Waals surface area contributed by atoms with Crippen LogP contribution in [0.4, 0.5) is 4.39 Å². The summed E-state index contributed by atoms with van der Waals surface area (Å²) in [5.41, 5.74) is 6.25. The van der Waals surface area contributed by atoms with Gasteiger partial charge in [-0.25, -0.2) is 14.3 Å². The van der Waals surface area contributed by atoms with E-state index in [1.165, 1.54) is 10.6 Å². The first-order chi connectivity index (χ1) is 9.41. The van der Waals surface area contributed by atoms with Crippen LogP contribution in [-0.2, 0) is 0 Å². The molecular weight excluding hydrogens is 279 g/mol. The fourth-order valence-electron chi connectivity index (χ4n) is 1.90. The van der Waals surface area contributed by atoms with Crippen molar-refractivity contribution in [2.24, 2.45) is 5.73 Å². The van der Waals surface area contributed by atoms with Crippen molar-refractivity contribution in [2.75, 3.05) is 0 Å². The van der Waals surface area contributed by atoms with Gasteiger partial charge in [-0.15, -0.1) is 5.10 Å². The molecule has 5 nitrogen and oxygen atoms in total. The summed E-state index contributed by atoms with van der Waals surface area (Å²) in [6.45, 7) is 5.53. The van der Waals surface area contributed by atoms with Crippen molar-refractivity contribution in [1.29, 1.82) is 0 Å². The Labute approximate surface area is 120 Å². The summed E-state index contributed by atoms with van der Waals surface area (Å²) in [6.07, 6.45) is 0. The molecule has 7 heteroatoms. The van der Waals surface area contributed by atoms with E-state index in [9.17, 15) is 9.18 Å². The maximum absolute atomic E-state index is 14.0. The SMILES string of the molecule is CC(C)n1c(Sc2c(F)cccc2[C@@H](C)N)n[nH]c1=O. The molecule has 0 spiro atoms. The molecule has 1 atom stereocenters. The lowest BCUT2D eigenvalue weighted by Gasteiger charge is -2.14. The molecule has 0 aliphatic carbocycles. The predicted molar refractivity (Wildman–Crippen MR) is 76.4 cm³/mol. The van der Waals surface area contributed by atoms with Crippen LogP contribution in [0.1, 0.15) is 38.4 Å². The summed E-state index contributed by atoms with van der Waals surface area (Å²) >= 11 is 1.11. The summed E-state index contributed by atoms with van der Waals surface area (Å²) in [4.78, 5) is 12.1. The van der Waals surface area contributed by atoms with Crippen molar-refractivity contribution < 1.29 is 4.39 Å². The summed E-state index contributed by atoms with van der Waals surface area (Å²) in [6, 6.07) is 4.41. The van der Waals surface area contributed by atoms with Gasteiger partial charge < -0.3 is 5.73 Å². The highest BCUT2D eigenvalue weighted by atomic mass is 32.2. The molecule has 3 N–H and O–H groups in total. The average molecular weight is 296 g/mol. The standard InChI is InChI=1S/C13H17FN4OS/c1-7(2)18-12(19)16-17-13(18)20-11-9(8(3)15)5-4-6-10(11)14/h4-8H,15H2,1-3H3,(H,16,19)/t8-/m1/s1. The second kappa shape index (κ2) is 5.80. The average Bonchev–Trinajstić information content (AvgIpc) is 2.72. The van der Waals surface area contributed by atoms with Crippen LogP contribution in [0.15, 0.2) is 33.0 Å². The fourth-order valence-corrected chi connectivity index (χ4v) is 3.10. The molecule has 0 aliphatic heterocycles. The molecule has 2 rings (SSSR count). The van der Waals surface area contributed by atoms with Gasteiger partial charge in [0, 0.05) is 12.1 Å². The Hall–Kier alpha value is -1.60. The van der Waals surface area contributed by atoms with Crippen LogP contribution in [0, 0.1) is 5.82 Å². The Balaban J connectivity index is 2.48. The Morgan fingerprint density at radius 2 is 2.10 bits per heavy atom. The summed E-state index contributed by atoms with van der Waals surface area (Å²) in [7, 11) is 0. The van der Waals surface area contributed by atoms with Crippen LogP contribution in [0.3, 0.4) is 0 Å². The number of nitrogens with one attached hydrogen (secondary N) is 1. The third-order valence-electron chi connectivity index (χ3n) is 2.87. The van der Waals surface area contributed by atoms with Crippen LogP contribution in [-0.4, -0.2) is 14.8 Å². The second-order valence-corrected chi connectivity index (χ2v) is 5.80. The van der Waals surface area contributed by atoms with Crippen LogP contribution < -0.4 is 11.4 Å². The van der Waals surface area contributed by atoms with E-state index in [4.69, 9.17) is 5.73 Å². The number of aromatic nitrogens is 3. The topological polar surface area (TPSA) is 76.7 Å². The molecular formula is C13H17FN4OS. The minimum absolute atomic E-state index is 0.0609. The normalized spacial score (nSPS) is 12.9. The van der Waals surface area contributed by atoms with Gasteiger partial charge in [-0.1, -0.05) is 12.1 Å². The smallest absolute Gasteiger partial charge is 0.324 e. The number of benzene rings is 1. The minimum Gasteiger partial charge on any atom is -0.324 e. The van der Waals surface area contributed by atoms with E-state index in [1.54, 1.807) is 19.1 Å². The lowest BCUT2D eigenvalue weighted by molar-refractivity contribution is 0.532. The number of hydrogen-bond acceptors (Lipinski definition) is 4. The molecule has 1 heterocycles. The molecule has 0 saturated carbocycles. The highest BCUT2D eigenvalue weighted by molar-refractivity contribution is 7.99. The van der Waals surface area contributed by atoms with Gasteiger partial charge >= 0.3 is 5.69 Å². The number of rotatable bonds is 4. The molecule has 0 aliphatic rings. The van der Waals surface area contributed by atoms with Gasteiger partial charge in [-0.3, -0.25) is 4.57 Å². The van der Waals surface area contributed by atoms with Crippen molar-refractivity contribution in [3.8, 4) is 0 Å². The van der Waals surface area contributed by atoms with E-state index in [2.05, 4.69) is 10.2 Å². The summed E-state index contributed by atoms with van der Waals surface area (Å²) < 4.78 is 15.5. The third kappa shape index (κ3) is 2.78. The zero-order chi connectivity index (χ0) is 14.9. The predicted octanol–water partition coefficient (Wildman–Crippen LogP) is 2.46. The van der Waals surface area contributed by atoms with Gasteiger partial charge in [-0.05, 0) is 44.2 Å². The Kier molecular flexibility index (Phi) is 4.29. The molecule has 0 radical (unpaired) electrons. The number of aromatic amines is 1. The Morgan fingerprint density at radius 1 is 1.40 bits per heavy atom. The first-order valence-corrected chi connectivity index (χ1v) is 7.12. The number of halogens is 1. The minimum atomic E-state index is -0.365. The number of hydrogen-bond donors (Lipinski definition) is 2. The zero-order valence-corrected chi connectivity index (χ0v) is 12.4. The van der Waals surface area contributed by atoms with Gasteiger partial charge in [0.2, 0.25) is 0 Å². The summed E-state index contributed by atoms with van der Waals surface area (Å²) in [5, 5.41) is 6.77. The zero-order valence-electron chi connectivity index (χ0n) is 11.6. The number of H-pyrrole nitrogens is 1. The largest absolute Gasteiger partial charge is 0.344 e. The van der Waals surface area contributed by atoms with Gasteiger partial charge in [0.05, 0.1) is 4.90 Å². The first-order valence-electron chi connectivity index (χ1n) is 6.30. The lowest BCUT2D eigenvalue weighted by atomic mass is 10.1. The fraction of sp³-hybridized carbons (Fsp3) is 0.385. The summed E-state index contributed by atoms with van der Waals surface area (Å²) in [5.74, 6) is -0.365. The molecule has 0 bridgehead atoms. The number of nitrogens with zero attached hydrogens (tertiary/aromatic N) is 2. The molecule has 108 valence electrons. The maximum Gasteiger partial charge on any atom is 0.344 e. The molecule has 1 aromatic heterocycles. The van der Waals surface area contributed by atoms with Crippen LogP contribution in [0.25, 0.3) is 0 Å². The van der Waals surface area contributed by atoms with Gasteiger partial charge in [-0.2, -0.15) is 0 Å². The molecule has 20 heavy (non-hydrogen) atoms. The van der Waals surface area contributed by atoms with Crippen LogP contribution in [0.5, 0.6) is 0 Å². The van der Waals surface area contributed by atoms with Crippen molar-refractivity contribution in [3.05, 3.63) is 40.1 Å². The molecule has 0 unspecified atom stereocenters. The van der Waals surface area contributed by atoms with Crippen LogP contribution >= 0.6 is 11.8 Å². The maximum atomic E-state index is 14.0. The van der Waals surface area contributed by atoms with E-state index in [-0.39, 0.29) is 23.6 Å². The van der Waals surface area contributed by atoms with Gasteiger partial charge in [0.25, 0.3) is 0 Å². The third-order valence-corrected chi connectivity index (χ3v) is 3.98. The molecule has 2 aromatic rings. The van der Waals surface area contributed by atoms with Crippen molar-refractivity contribution in [2.45, 2.75) is 42.9 Å².